The van der Waals surface area contributed by atoms with Crippen molar-refractivity contribution in [1.82, 2.24) is 4.90 Å². The number of benzene rings is 1. The maximum absolute atomic E-state index is 12.0. The summed E-state index contributed by atoms with van der Waals surface area (Å²) in [7, 11) is 1.69. The minimum atomic E-state index is -0.832. The van der Waals surface area contributed by atoms with E-state index in [9.17, 15) is 9.90 Å². The lowest BCUT2D eigenvalue weighted by atomic mass is 9.94. The molecule has 19 heavy (non-hydrogen) atoms. The number of anilines is 1. The number of nitrogens with zero attached hydrogens (tertiary/aromatic N) is 1. The van der Waals surface area contributed by atoms with Gasteiger partial charge in [-0.05, 0) is 12.1 Å². The Morgan fingerprint density at radius 1 is 1.37 bits per heavy atom. The Bertz CT molecular complexity index is 416. The zero-order valence-corrected chi connectivity index (χ0v) is 11.1. The molecule has 2 rings (SSSR count). The fraction of sp³-hybridized carbons (Fsp3) is 0.500. The number of para-hydroxylation sites is 1. The maximum atomic E-state index is 12.0. The molecule has 0 bridgehead atoms. The highest BCUT2D eigenvalue weighted by Crippen LogP contribution is 2.21. The van der Waals surface area contributed by atoms with Crippen molar-refractivity contribution < 1.29 is 14.6 Å². The molecule has 1 saturated heterocycles. The van der Waals surface area contributed by atoms with Crippen LogP contribution in [0.1, 0.15) is 12.8 Å². The number of carbonyl (C=O) groups excluding carboxylic acids is 1. The van der Waals surface area contributed by atoms with Gasteiger partial charge in [-0.15, -0.1) is 0 Å². The lowest BCUT2D eigenvalue weighted by Crippen LogP contribution is -2.48. The molecule has 0 radical (unpaired) electrons. The van der Waals surface area contributed by atoms with Crippen molar-refractivity contribution in [3.63, 3.8) is 0 Å². The van der Waals surface area contributed by atoms with Gasteiger partial charge in [0.05, 0.1) is 12.1 Å². The number of nitrogens with one attached hydrogen (secondary N) is 1. The minimum absolute atomic E-state index is 0.217. The number of aliphatic hydroxyl groups is 1. The largest absolute Gasteiger partial charge is 0.388 e. The molecular weight excluding hydrogens is 244 g/mol. The number of hydrogen-bond donors (Lipinski definition) is 2. The molecule has 0 unspecified atom stereocenters. The van der Waals surface area contributed by atoms with Crippen LogP contribution in [-0.2, 0) is 4.74 Å². The fourth-order valence-corrected chi connectivity index (χ4v) is 2.16. The van der Waals surface area contributed by atoms with Crippen molar-refractivity contribution in [1.29, 1.82) is 0 Å². The highest BCUT2D eigenvalue weighted by atomic mass is 16.5. The number of ether oxygens (including phenoxy) is 1. The van der Waals surface area contributed by atoms with Gasteiger partial charge in [0.25, 0.3) is 0 Å². The molecule has 0 spiro atoms. The quantitative estimate of drug-likeness (QED) is 0.873. The van der Waals surface area contributed by atoms with Gasteiger partial charge in [0.1, 0.15) is 0 Å². The van der Waals surface area contributed by atoms with Crippen LogP contribution in [0.25, 0.3) is 0 Å². The summed E-state index contributed by atoms with van der Waals surface area (Å²) in [6.07, 6.45) is 1.13. The summed E-state index contributed by atoms with van der Waals surface area (Å²) in [6.45, 7) is 1.41. The van der Waals surface area contributed by atoms with E-state index in [1.54, 1.807) is 7.05 Å². The molecule has 1 aliphatic rings. The van der Waals surface area contributed by atoms with Gasteiger partial charge >= 0.3 is 6.03 Å². The molecule has 104 valence electrons. The van der Waals surface area contributed by atoms with Gasteiger partial charge in [-0.3, -0.25) is 0 Å². The van der Waals surface area contributed by atoms with Gasteiger partial charge in [-0.1, -0.05) is 18.2 Å². The van der Waals surface area contributed by atoms with E-state index in [0.717, 1.165) is 5.69 Å². The third-order valence-corrected chi connectivity index (χ3v) is 3.33. The standard InChI is InChI=1S/C14H20N2O3/c1-16(11-14(18)7-9-19-10-8-14)13(17)15-12-5-3-2-4-6-12/h2-6,18H,7-11H2,1H3,(H,15,17). The number of rotatable bonds is 3. The first-order valence-corrected chi connectivity index (χ1v) is 6.46. The number of amides is 2. The molecule has 5 heteroatoms. The molecule has 1 aromatic carbocycles. The third-order valence-electron chi connectivity index (χ3n) is 3.33. The fourth-order valence-electron chi connectivity index (χ4n) is 2.16. The predicted octanol–water partition coefficient (Wildman–Crippen LogP) is 1.69. The second-order valence-electron chi connectivity index (χ2n) is 4.99. The lowest BCUT2D eigenvalue weighted by molar-refractivity contribution is -0.0717. The molecule has 0 aliphatic carbocycles. The average molecular weight is 264 g/mol. The third kappa shape index (κ3) is 3.94. The Balaban J connectivity index is 1.88. The first-order valence-electron chi connectivity index (χ1n) is 6.46. The van der Waals surface area contributed by atoms with Crippen molar-refractivity contribution >= 4 is 11.7 Å². The molecule has 1 fully saturated rings. The first kappa shape index (κ1) is 13.8. The SMILES string of the molecule is CN(CC1(O)CCOCC1)C(=O)Nc1ccccc1. The molecule has 1 aliphatic heterocycles. The molecule has 2 amide bonds. The van der Waals surface area contributed by atoms with Gasteiger partial charge < -0.3 is 20.1 Å². The van der Waals surface area contributed by atoms with E-state index in [4.69, 9.17) is 4.74 Å². The molecule has 0 aromatic heterocycles. The highest BCUT2D eigenvalue weighted by Gasteiger charge is 2.32. The summed E-state index contributed by atoms with van der Waals surface area (Å²) < 4.78 is 5.22. The predicted molar refractivity (Wildman–Crippen MR) is 73.1 cm³/mol. The maximum Gasteiger partial charge on any atom is 0.321 e. The molecule has 1 aromatic rings. The minimum Gasteiger partial charge on any atom is -0.388 e. The smallest absolute Gasteiger partial charge is 0.321 e. The van der Waals surface area contributed by atoms with Crippen molar-refractivity contribution in [2.24, 2.45) is 0 Å². The molecular formula is C14H20N2O3. The average Bonchev–Trinajstić information content (AvgIpc) is 2.40. The van der Waals surface area contributed by atoms with E-state index in [-0.39, 0.29) is 6.03 Å². The Labute approximate surface area is 113 Å². The highest BCUT2D eigenvalue weighted by molar-refractivity contribution is 5.89. The summed E-state index contributed by atoms with van der Waals surface area (Å²) in [5, 5.41) is 13.1. The van der Waals surface area contributed by atoms with Crippen LogP contribution in [0.2, 0.25) is 0 Å². The molecule has 5 nitrogen and oxygen atoms in total. The zero-order chi connectivity index (χ0) is 13.7. The monoisotopic (exact) mass is 264 g/mol. The van der Waals surface area contributed by atoms with Crippen molar-refractivity contribution in [3.8, 4) is 0 Å². The van der Waals surface area contributed by atoms with Crippen molar-refractivity contribution in [2.75, 3.05) is 32.1 Å². The molecule has 0 atom stereocenters. The lowest BCUT2D eigenvalue weighted by Gasteiger charge is -2.35. The van der Waals surface area contributed by atoms with Crippen LogP contribution in [0.15, 0.2) is 30.3 Å². The summed E-state index contributed by atoms with van der Waals surface area (Å²) >= 11 is 0. The Hall–Kier alpha value is -1.59. The zero-order valence-electron chi connectivity index (χ0n) is 11.1. The van der Waals surface area contributed by atoms with Crippen LogP contribution in [0.5, 0.6) is 0 Å². The van der Waals surface area contributed by atoms with Crippen LogP contribution >= 0.6 is 0 Å². The van der Waals surface area contributed by atoms with Gasteiger partial charge in [-0.2, -0.15) is 0 Å². The van der Waals surface area contributed by atoms with Gasteiger partial charge in [0, 0.05) is 38.8 Å². The topological polar surface area (TPSA) is 61.8 Å². The Kier molecular flexibility index (Phi) is 4.39. The Morgan fingerprint density at radius 3 is 2.63 bits per heavy atom. The van der Waals surface area contributed by atoms with Gasteiger partial charge in [-0.25, -0.2) is 4.79 Å². The van der Waals surface area contributed by atoms with Crippen LogP contribution in [0, 0.1) is 0 Å². The van der Waals surface area contributed by atoms with Crippen molar-refractivity contribution in [3.05, 3.63) is 30.3 Å². The Morgan fingerprint density at radius 2 is 2.00 bits per heavy atom. The van der Waals surface area contributed by atoms with E-state index in [1.807, 2.05) is 30.3 Å². The van der Waals surface area contributed by atoms with Crippen LogP contribution < -0.4 is 5.32 Å². The van der Waals surface area contributed by atoms with Crippen LogP contribution in [0.3, 0.4) is 0 Å². The van der Waals surface area contributed by atoms with Crippen LogP contribution in [-0.4, -0.2) is 48.4 Å². The van der Waals surface area contributed by atoms with E-state index < -0.39 is 5.60 Å². The van der Waals surface area contributed by atoms with Crippen LogP contribution in [0.4, 0.5) is 10.5 Å². The van der Waals surface area contributed by atoms with E-state index in [0.29, 0.717) is 32.6 Å². The molecule has 1 heterocycles. The van der Waals surface area contributed by atoms with E-state index in [1.165, 1.54) is 4.90 Å². The number of hydrogen-bond acceptors (Lipinski definition) is 3. The summed E-state index contributed by atoms with van der Waals surface area (Å²) in [4.78, 5) is 13.5. The number of likely N-dealkylation sites (N-methyl/N-ethyl adjacent to an activating group) is 1. The second kappa shape index (κ2) is 6.04. The summed E-state index contributed by atoms with van der Waals surface area (Å²) in [6, 6.07) is 9.06. The normalized spacial score (nSPS) is 17.8. The number of urea groups is 1. The van der Waals surface area contributed by atoms with E-state index in [2.05, 4.69) is 5.32 Å². The van der Waals surface area contributed by atoms with Gasteiger partial charge in [0.2, 0.25) is 0 Å². The summed E-state index contributed by atoms with van der Waals surface area (Å²) in [5.74, 6) is 0. The molecule has 2 N–H and O–H groups in total. The summed E-state index contributed by atoms with van der Waals surface area (Å²) in [5.41, 5.74) is -0.0839. The molecule has 0 saturated carbocycles. The van der Waals surface area contributed by atoms with Crippen molar-refractivity contribution in [2.45, 2.75) is 18.4 Å². The van der Waals surface area contributed by atoms with Gasteiger partial charge in [0.15, 0.2) is 0 Å². The first-order chi connectivity index (χ1) is 9.09. The number of carbonyl (C=O) groups is 1. The second-order valence-corrected chi connectivity index (χ2v) is 4.99. The van der Waals surface area contributed by atoms with E-state index >= 15 is 0 Å².